The van der Waals surface area contributed by atoms with E-state index in [0.717, 1.165) is 31.5 Å². The fraction of sp³-hybridized carbons (Fsp3) is 0.533. The van der Waals surface area contributed by atoms with E-state index in [1.54, 1.807) is 12.1 Å². The van der Waals surface area contributed by atoms with Gasteiger partial charge in [-0.05, 0) is 18.6 Å². The second kappa shape index (κ2) is 7.17. The first-order valence-electron chi connectivity index (χ1n) is 7.33. The summed E-state index contributed by atoms with van der Waals surface area (Å²) in [5.41, 5.74) is 12.9. The summed E-state index contributed by atoms with van der Waals surface area (Å²) in [5.74, 6) is 0.0738. The molecule has 116 valence electrons. The highest BCUT2D eigenvalue weighted by Crippen LogP contribution is 2.34. The van der Waals surface area contributed by atoms with Gasteiger partial charge in [-0.25, -0.2) is 0 Å². The number of carbonyl (C=O) groups excluding carboxylic acids is 1. The smallest absolute Gasteiger partial charge is 0.248 e. The first-order valence-corrected chi connectivity index (χ1v) is 7.33. The Bertz CT molecular complexity index is 499. The molecule has 0 radical (unpaired) electrons. The summed E-state index contributed by atoms with van der Waals surface area (Å²) in [6, 6.07) is 3.24. The summed E-state index contributed by atoms with van der Waals surface area (Å²) < 4.78 is 11.3. The van der Waals surface area contributed by atoms with Crippen LogP contribution in [0.1, 0.15) is 36.5 Å². The lowest BCUT2D eigenvalue weighted by molar-refractivity contribution is 0.0258. The Morgan fingerprint density at radius 1 is 1.43 bits per heavy atom. The highest BCUT2D eigenvalue weighted by atomic mass is 16.5. The van der Waals surface area contributed by atoms with E-state index in [-0.39, 0.29) is 6.10 Å². The van der Waals surface area contributed by atoms with E-state index in [4.69, 9.17) is 20.9 Å². The van der Waals surface area contributed by atoms with Gasteiger partial charge in [-0.15, -0.1) is 0 Å². The van der Waals surface area contributed by atoms with Crippen LogP contribution < -0.4 is 21.5 Å². The minimum Gasteiger partial charge on any atom is -0.488 e. The molecule has 0 bridgehead atoms. The average Bonchev–Trinajstić information content (AvgIpc) is 2.47. The van der Waals surface area contributed by atoms with Gasteiger partial charge in [-0.3, -0.25) is 4.79 Å². The Balaban J connectivity index is 2.26. The van der Waals surface area contributed by atoms with Crippen LogP contribution in [0.15, 0.2) is 12.1 Å². The number of ether oxygens (including phenoxy) is 2. The molecule has 0 spiro atoms. The first-order chi connectivity index (χ1) is 10.1. The van der Waals surface area contributed by atoms with Crippen molar-refractivity contribution >= 4 is 17.3 Å². The molecule has 1 fully saturated rings. The van der Waals surface area contributed by atoms with Gasteiger partial charge in [0.25, 0.3) is 0 Å². The van der Waals surface area contributed by atoms with Gasteiger partial charge in [0.05, 0.1) is 18.9 Å². The Morgan fingerprint density at radius 3 is 2.76 bits per heavy atom. The summed E-state index contributed by atoms with van der Waals surface area (Å²) in [6.45, 7) is 4.23. The molecule has 1 aliphatic heterocycles. The highest BCUT2D eigenvalue weighted by Gasteiger charge is 2.19. The summed E-state index contributed by atoms with van der Waals surface area (Å²) >= 11 is 0. The van der Waals surface area contributed by atoms with E-state index in [2.05, 4.69) is 12.2 Å². The predicted octanol–water partition coefficient (Wildman–Crippen LogP) is 1.75. The van der Waals surface area contributed by atoms with E-state index in [9.17, 15) is 4.79 Å². The van der Waals surface area contributed by atoms with Crippen molar-refractivity contribution in [2.45, 2.75) is 32.3 Å². The molecule has 1 amide bonds. The Labute approximate surface area is 124 Å². The molecule has 2 rings (SSSR count). The van der Waals surface area contributed by atoms with Gasteiger partial charge in [-0.2, -0.15) is 0 Å². The van der Waals surface area contributed by atoms with Crippen molar-refractivity contribution in [1.82, 2.24) is 0 Å². The van der Waals surface area contributed by atoms with E-state index < -0.39 is 5.91 Å². The lowest BCUT2D eigenvalue weighted by atomic mass is 10.1. The van der Waals surface area contributed by atoms with Gasteiger partial charge in [0.15, 0.2) is 0 Å². The largest absolute Gasteiger partial charge is 0.488 e. The molecule has 0 aliphatic carbocycles. The van der Waals surface area contributed by atoms with Crippen LogP contribution in [0.5, 0.6) is 5.75 Å². The first kappa shape index (κ1) is 15.4. The maximum absolute atomic E-state index is 11.4. The van der Waals surface area contributed by atoms with Crippen LogP contribution >= 0.6 is 0 Å². The Hall–Kier alpha value is -1.95. The van der Waals surface area contributed by atoms with Crippen molar-refractivity contribution in [3.05, 3.63) is 17.7 Å². The van der Waals surface area contributed by atoms with Crippen LogP contribution in [-0.4, -0.2) is 31.8 Å². The van der Waals surface area contributed by atoms with Crippen molar-refractivity contribution in [2.75, 3.05) is 30.8 Å². The molecule has 1 heterocycles. The Morgan fingerprint density at radius 2 is 2.14 bits per heavy atom. The highest BCUT2D eigenvalue weighted by molar-refractivity contribution is 5.96. The maximum Gasteiger partial charge on any atom is 0.248 e. The van der Waals surface area contributed by atoms with Crippen LogP contribution in [-0.2, 0) is 4.74 Å². The molecule has 5 N–H and O–H groups in total. The zero-order valence-electron chi connectivity index (χ0n) is 12.4. The van der Waals surface area contributed by atoms with Crippen LogP contribution in [0, 0.1) is 0 Å². The third-order valence-electron chi connectivity index (χ3n) is 3.43. The van der Waals surface area contributed by atoms with Crippen molar-refractivity contribution in [1.29, 1.82) is 0 Å². The molecule has 6 nitrogen and oxygen atoms in total. The van der Waals surface area contributed by atoms with Crippen LogP contribution in [0.2, 0.25) is 0 Å². The summed E-state index contributed by atoms with van der Waals surface area (Å²) in [7, 11) is 0. The molecule has 0 unspecified atom stereocenters. The second-order valence-electron chi connectivity index (χ2n) is 5.16. The number of nitrogens with one attached hydrogen (secondary N) is 1. The molecule has 0 saturated carbocycles. The predicted molar refractivity (Wildman–Crippen MR) is 82.6 cm³/mol. The minimum atomic E-state index is -0.513. The molecule has 1 aliphatic rings. The quantitative estimate of drug-likeness (QED) is 0.694. The van der Waals surface area contributed by atoms with Gasteiger partial charge < -0.3 is 26.3 Å². The number of nitrogens with two attached hydrogens (primary N) is 2. The Kier molecular flexibility index (Phi) is 5.27. The molecular weight excluding hydrogens is 270 g/mol. The normalized spacial score (nSPS) is 15.7. The topological polar surface area (TPSA) is 99.6 Å². The number of hydrogen-bond acceptors (Lipinski definition) is 5. The molecule has 0 aromatic heterocycles. The third-order valence-corrected chi connectivity index (χ3v) is 3.43. The lowest BCUT2D eigenvalue weighted by Crippen LogP contribution is -2.26. The number of rotatable bonds is 6. The van der Waals surface area contributed by atoms with Gasteiger partial charge in [-0.1, -0.05) is 6.92 Å². The molecule has 1 saturated heterocycles. The number of nitrogen functional groups attached to an aromatic ring is 1. The van der Waals surface area contributed by atoms with Crippen molar-refractivity contribution in [3.63, 3.8) is 0 Å². The zero-order valence-corrected chi connectivity index (χ0v) is 12.4. The van der Waals surface area contributed by atoms with Crippen molar-refractivity contribution < 1.29 is 14.3 Å². The minimum absolute atomic E-state index is 0.0726. The lowest BCUT2D eigenvalue weighted by Gasteiger charge is -2.25. The third kappa shape index (κ3) is 4.01. The number of benzene rings is 1. The molecule has 6 heteroatoms. The van der Waals surface area contributed by atoms with Gasteiger partial charge in [0.2, 0.25) is 5.91 Å². The van der Waals surface area contributed by atoms with Crippen molar-refractivity contribution in [3.8, 4) is 5.75 Å². The second-order valence-corrected chi connectivity index (χ2v) is 5.16. The molecule has 1 aromatic carbocycles. The summed E-state index contributed by atoms with van der Waals surface area (Å²) in [5, 5.41) is 3.25. The molecule has 0 atom stereocenters. The van der Waals surface area contributed by atoms with E-state index in [1.807, 2.05) is 0 Å². The fourth-order valence-electron chi connectivity index (χ4n) is 2.28. The van der Waals surface area contributed by atoms with E-state index >= 15 is 0 Å². The SMILES string of the molecule is CCCNc1c(N)cc(C(N)=O)cc1OC1CCOCC1. The number of anilines is 2. The number of amides is 1. The monoisotopic (exact) mass is 293 g/mol. The van der Waals surface area contributed by atoms with Gasteiger partial charge in [0.1, 0.15) is 17.5 Å². The van der Waals surface area contributed by atoms with Crippen LogP contribution in [0.25, 0.3) is 0 Å². The molecule has 1 aromatic rings. The number of carbonyl (C=O) groups is 1. The van der Waals surface area contributed by atoms with Crippen LogP contribution in [0.4, 0.5) is 11.4 Å². The maximum atomic E-state index is 11.4. The molecule has 21 heavy (non-hydrogen) atoms. The van der Waals surface area contributed by atoms with Crippen LogP contribution in [0.3, 0.4) is 0 Å². The molecular formula is C15H23N3O3. The number of primary amides is 1. The van der Waals surface area contributed by atoms with Gasteiger partial charge >= 0.3 is 0 Å². The fourth-order valence-corrected chi connectivity index (χ4v) is 2.28. The summed E-state index contributed by atoms with van der Waals surface area (Å²) in [6.07, 6.45) is 2.69. The van der Waals surface area contributed by atoms with E-state index in [0.29, 0.717) is 30.2 Å². The number of hydrogen-bond donors (Lipinski definition) is 3. The standard InChI is InChI=1S/C15H23N3O3/c1-2-5-18-14-12(16)8-10(15(17)19)9-13(14)21-11-3-6-20-7-4-11/h8-9,11,18H,2-7,16H2,1H3,(H2,17,19). The average molecular weight is 293 g/mol. The summed E-state index contributed by atoms with van der Waals surface area (Å²) in [4.78, 5) is 11.4. The van der Waals surface area contributed by atoms with Crippen molar-refractivity contribution in [2.24, 2.45) is 5.73 Å². The zero-order chi connectivity index (χ0) is 15.2. The van der Waals surface area contributed by atoms with Gasteiger partial charge in [0, 0.05) is 24.9 Å². The van der Waals surface area contributed by atoms with E-state index in [1.165, 1.54) is 0 Å².